The standard InChI is InChI=1S/C22H46N6O.HI/c1-6-20(7-2)21(28-13-15-29-16-14-28)18-25-22(23-5)24-17-19(4)27-11-9-26(8-3)10-12-27;/h19-21H,6-18H2,1-5H3,(H2,23,24,25);1H. The summed E-state index contributed by atoms with van der Waals surface area (Å²) in [7, 11) is 1.88. The number of hydrogen-bond donors (Lipinski definition) is 2. The van der Waals surface area contributed by atoms with Crippen LogP contribution in [0.5, 0.6) is 0 Å². The summed E-state index contributed by atoms with van der Waals surface area (Å²) in [6, 6.07) is 1.05. The zero-order valence-electron chi connectivity index (χ0n) is 20.0. The number of guanidine groups is 1. The van der Waals surface area contributed by atoms with E-state index >= 15 is 0 Å². The lowest BCUT2D eigenvalue weighted by molar-refractivity contribution is 0.00271. The average molecular weight is 539 g/mol. The summed E-state index contributed by atoms with van der Waals surface area (Å²) in [5.41, 5.74) is 0. The van der Waals surface area contributed by atoms with Crippen LogP contribution in [0.2, 0.25) is 0 Å². The predicted octanol–water partition coefficient (Wildman–Crippen LogP) is 1.93. The van der Waals surface area contributed by atoms with E-state index in [0.717, 1.165) is 65.0 Å². The molecule has 2 aliphatic heterocycles. The molecule has 0 radical (unpaired) electrons. The Morgan fingerprint density at radius 3 is 2.03 bits per heavy atom. The molecule has 7 nitrogen and oxygen atoms in total. The number of aliphatic imine (C=N–C) groups is 1. The molecule has 2 N–H and O–H groups in total. The summed E-state index contributed by atoms with van der Waals surface area (Å²) < 4.78 is 5.57. The van der Waals surface area contributed by atoms with Crippen LogP contribution in [-0.4, -0.2) is 112 Å². The summed E-state index contributed by atoms with van der Waals surface area (Å²) in [5, 5.41) is 7.19. The topological polar surface area (TPSA) is 55.4 Å². The zero-order valence-corrected chi connectivity index (χ0v) is 22.4. The molecule has 0 spiro atoms. The van der Waals surface area contributed by atoms with E-state index in [-0.39, 0.29) is 24.0 Å². The molecule has 2 unspecified atom stereocenters. The first kappa shape index (κ1) is 27.9. The minimum atomic E-state index is 0. The van der Waals surface area contributed by atoms with Crippen LogP contribution in [0.3, 0.4) is 0 Å². The Bertz CT molecular complexity index is 463. The molecule has 0 aromatic rings. The van der Waals surface area contributed by atoms with Gasteiger partial charge >= 0.3 is 0 Å². The molecule has 2 fully saturated rings. The maximum Gasteiger partial charge on any atom is 0.191 e. The third kappa shape index (κ3) is 8.76. The van der Waals surface area contributed by atoms with Gasteiger partial charge in [-0.15, -0.1) is 24.0 Å². The second-order valence-corrected chi connectivity index (χ2v) is 8.45. The maximum absolute atomic E-state index is 5.57. The third-order valence-electron chi connectivity index (χ3n) is 6.85. The van der Waals surface area contributed by atoms with Crippen molar-refractivity contribution in [1.29, 1.82) is 0 Å². The number of nitrogens with one attached hydrogen (secondary N) is 2. The van der Waals surface area contributed by atoms with Gasteiger partial charge in [0.1, 0.15) is 0 Å². The Hall–Kier alpha value is -0.160. The molecule has 2 heterocycles. The van der Waals surface area contributed by atoms with Crippen LogP contribution in [0.25, 0.3) is 0 Å². The van der Waals surface area contributed by atoms with Crippen molar-refractivity contribution in [2.45, 2.75) is 52.6 Å². The van der Waals surface area contributed by atoms with E-state index in [2.05, 4.69) is 58.0 Å². The fourth-order valence-corrected chi connectivity index (χ4v) is 4.65. The van der Waals surface area contributed by atoms with Crippen LogP contribution in [-0.2, 0) is 4.74 Å². The first-order valence-corrected chi connectivity index (χ1v) is 11.9. The molecule has 178 valence electrons. The number of ether oxygens (including phenoxy) is 1. The summed E-state index contributed by atoms with van der Waals surface area (Å²) in [6.45, 7) is 20.7. The first-order valence-electron chi connectivity index (χ1n) is 11.9. The van der Waals surface area contributed by atoms with Crippen molar-refractivity contribution in [2.75, 3.05) is 79.2 Å². The lowest BCUT2D eigenvalue weighted by Crippen LogP contribution is -2.55. The number of likely N-dealkylation sites (N-methyl/N-ethyl adjacent to an activating group) is 1. The SMILES string of the molecule is CCC(CC)C(CNC(=NC)NCC(C)N1CCN(CC)CC1)N1CCOCC1.I. The summed E-state index contributed by atoms with van der Waals surface area (Å²) >= 11 is 0. The quantitative estimate of drug-likeness (QED) is 0.252. The van der Waals surface area contributed by atoms with Crippen molar-refractivity contribution in [3.63, 3.8) is 0 Å². The van der Waals surface area contributed by atoms with Gasteiger partial charge in [-0.3, -0.25) is 14.8 Å². The fraction of sp³-hybridized carbons (Fsp3) is 0.955. The van der Waals surface area contributed by atoms with Gasteiger partial charge in [-0.2, -0.15) is 0 Å². The highest BCUT2D eigenvalue weighted by molar-refractivity contribution is 14.0. The van der Waals surface area contributed by atoms with Crippen LogP contribution in [0.15, 0.2) is 4.99 Å². The highest BCUT2D eigenvalue weighted by atomic mass is 127. The van der Waals surface area contributed by atoms with Gasteiger partial charge < -0.3 is 20.3 Å². The molecule has 2 rings (SSSR count). The number of nitrogens with zero attached hydrogens (tertiary/aromatic N) is 4. The van der Waals surface area contributed by atoms with Crippen LogP contribution in [0, 0.1) is 5.92 Å². The second kappa shape index (κ2) is 15.6. The van der Waals surface area contributed by atoms with Crippen LogP contribution < -0.4 is 10.6 Å². The van der Waals surface area contributed by atoms with Crippen molar-refractivity contribution in [3.8, 4) is 0 Å². The molecule has 2 atom stereocenters. The third-order valence-corrected chi connectivity index (χ3v) is 6.85. The number of hydrogen-bond acceptors (Lipinski definition) is 5. The van der Waals surface area contributed by atoms with Crippen molar-refractivity contribution >= 4 is 29.9 Å². The molecule has 30 heavy (non-hydrogen) atoms. The maximum atomic E-state index is 5.57. The van der Waals surface area contributed by atoms with E-state index in [0.29, 0.717) is 18.0 Å². The number of rotatable bonds is 10. The Morgan fingerprint density at radius 2 is 1.50 bits per heavy atom. The molecular weight excluding hydrogens is 491 g/mol. The van der Waals surface area contributed by atoms with E-state index < -0.39 is 0 Å². The molecule has 0 bridgehead atoms. The molecule has 0 aliphatic carbocycles. The van der Waals surface area contributed by atoms with E-state index in [1.165, 1.54) is 25.9 Å². The van der Waals surface area contributed by atoms with E-state index in [1.54, 1.807) is 0 Å². The fourth-order valence-electron chi connectivity index (χ4n) is 4.65. The highest BCUT2D eigenvalue weighted by Crippen LogP contribution is 2.19. The molecule has 0 saturated carbocycles. The first-order chi connectivity index (χ1) is 14.1. The van der Waals surface area contributed by atoms with Crippen LogP contribution in [0.1, 0.15) is 40.5 Å². The minimum absolute atomic E-state index is 0. The molecule has 0 aromatic carbocycles. The van der Waals surface area contributed by atoms with E-state index in [4.69, 9.17) is 4.74 Å². The molecule has 2 saturated heterocycles. The molecule has 0 aromatic heterocycles. The van der Waals surface area contributed by atoms with Crippen LogP contribution in [0.4, 0.5) is 0 Å². The summed E-state index contributed by atoms with van der Waals surface area (Å²) in [6.07, 6.45) is 2.43. The van der Waals surface area contributed by atoms with Crippen molar-refractivity contribution in [2.24, 2.45) is 10.9 Å². The monoisotopic (exact) mass is 538 g/mol. The zero-order chi connectivity index (χ0) is 21.1. The largest absolute Gasteiger partial charge is 0.379 e. The summed E-state index contributed by atoms with van der Waals surface area (Å²) in [4.78, 5) is 12.2. The molecule has 8 heteroatoms. The van der Waals surface area contributed by atoms with Gasteiger partial charge in [0.2, 0.25) is 0 Å². The van der Waals surface area contributed by atoms with E-state index in [1.807, 2.05) is 7.05 Å². The van der Waals surface area contributed by atoms with Gasteiger partial charge in [0.15, 0.2) is 5.96 Å². The van der Waals surface area contributed by atoms with Crippen LogP contribution >= 0.6 is 24.0 Å². The van der Waals surface area contributed by atoms with Gasteiger partial charge in [0.05, 0.1) is 13.2 Å². The number of piperazine rings is 1. The summed E-state index contributed by atoms with van der Waals surface area (Å²) in [5.74, 6) is 1.63. The van der Waals surface area contributed by atoms with Gasteiger partial charge in [-0.1, -0.05) is 33.6 Å². The highest BCUT2D eigenvalue weighted by Gasteiger charge is 2.27. The Kier molecular flexibility index (Phi) is 14.5. The molecule has 2 aliphatic rings. The molecule has 0 amide bonds. The Labute approximate surface area is 202 Å². The van der Waals surface area contributed by atoms with Gasteiger partial charge in [0, 0.05) is 71.5 Å². The second-order valence-electron chi connectivity index (χ2n) is 8.45. The lowest BCUT2D eigenvalue weighted by atomic mass is 9.92. The minimum Gasteiger partial charge on any atom is -0.379 e. The normalized spacial score (nSPS) is 21.9. The van der Waals surface area contributed by atoms with Crippen molar-refractivity contribution in [1.82, 2.24) is 25.3 Å². The Balaban J connectivity index is 0.00000450. The predicted molar refractivity (Wildman–Crippen MR) is 138 cm³/mol. The van der Waals surface area contributed by atoms with Crippen molar-refractivity contribution < 1.29 is 4.74 Å². The van der Waals surface area contributed by atoms with Gasteiger partial charge in [0.25, 0.3) is 0 Å². The lowest BCUT2D eigenvalue weighted by Gasteiger charge is -2.39. The smallest absolute Gasteiger partial charge is 0.191 e. The van der Waals surface area contributed by atoms with Gasteiger partial charge in [-0.05, 0) is 19.4 Å². The van der Waals surface area contributed by atoms with Crippen molar-refractivity contribution in [3.05, 3.63) is 0 Å². The number of morpholine rings is 1. The Morgan fingerprint density at radius 1 is 0.900 bits per heavy atom. The molecular formula is C22H47IN6O. The van der Waals surface area contributed by atoms with E-state index in [9.17, 15) is 0 Å². The average Bonchev–Trinajstić information content (AvgIpc) is 2.78. The van der Waals surface area contributed by atoms with Gasteiger partial charge in [-0.25, -0.2) is 0 Å². The number of halogens is 1.